The van der Waals surface area contributed by atoms with Gasteiger partial charge in [-0.2, -0.15) is 5.48 Å². The van der Waals surface area contributed by atoms with E-state index in [1.54, 1.807) is 11.3 Å². The molecule has 0 amide bonds. The molecule has 28 heavy (non-hydrogen) atoms. The average Bonchev–Trinajstić information content (AvgIpc) is 3.33. The van der Waals surface area contributed by atoms with Crippen LogP contribution in [0.2, 0.25) is 0 Å². The van der Waals surface area contributed by atoms with E-state index in [4.69, 9.17) is 9.82 Å². The molecule has 1 aromatic heterocycles. The molecule has 1 aliphatic carbocycles. The monoisotopic (exact) mass is 399 g/mol. The quantitative estimate of drug-likeness (QED) is 0.694. The fraction of sp³-hybridized carbons (Fsp3) is 0.609. The summed E-state index contributed by atoms with van der Waals surface area (Å²) in [5.74, 6) is 0. The number of nitrogens with zero attached hydrogens (tertiary/aromatic N) is 2. The summed E-state index contributed by atoms with van der Waals surface area (Å²) in [5.41, 5.74) is 8.99. The van der Waals surface area contributed by atoms with Crippen LogP contribution in [-0.4, -0.2) is 30.7 Å². The maximum absolute atomic E-state index is 5.37. The van der Waals surface area contributed by atoms with Gasteiger partial charge in [-0.25, -0.2) is 4.98 Å². The molecule has 0 radical (unpaired) electrons. The zero-order valence-electron chi connectivity index (χ0n) is 17.8. The molecule has 2 aromatic rings. The van der Waals surface area contributed by atoms with Crippen LogP contribution in [0.3, 0.4) is 0 Å². The molecule has 4 rings (SSSR count). The summed E-state index contributed by atoms with van der Waals surface area (Å²) < 4.78 is 0. The summed E-state index contributed by atoms with van der Waals surface area (Å²) >= 11 is 1.75. The van der Waals surface area contributed by atoms with E-state index in [9.17, 15) is 0 Å². The van der Waals surface area contributed by atoms with Crippen molar-refractivity contribution in [3.05, 3.63) is 34.7 Å². The number of hydrogen-bond acceptors (Lipinski definition) is 5. The molecule has 0 unspecified atom stereocenters. The number of anilines is 1. The summed E-state index contributed by atoms with van der Waals surface area (Å²) in [5, 5.41) is 3.33. The lowest BCUT2D eigenvalue weighted by molar-refractivity contribution is 0.0297. The Morgan fingerprint density at radius 1 is 1.18 bits per heavy atom. The summed E-state index contributed by atoms with van der Waals surface area (Å²) in [7, 11) is 0. The van der Waals surface area contributed by atoms with Gasteiger partial charge >= 0.3 is 0 Å². The van der Waals surface area contributed by atoms with Gasteiger partial charge in [0, 0.05) is 24.0 Å². The lowest BCUT2D eigenvalue weighted by Crippen LogP contribution is -2.33. The lowest BCUT2D eigenvalue weighted by atomic mass is 9.63. The van der Waals surface area contributed by atoms with Crippen molar-refractivity contribution < 1.29 is 4.84 Å². The number of aromatic nitrogens is 1. The van der Waals surface area contributed by atoms with Crippen molar-refractivity contribution in [3.8, 4) is 11.3 Å². The molecule has 4 nitrogen and oxygen atoms in total. The Morgan fingerprint density at radius 3 is 2.68 bits per heavy atom. The van der Waals surface area contributed by atoms with E-state index in [1.807, 2.05) is 6.92 Å². The minimum Gasteiger partial charge on any atom is -0.346 e. The van der Waals surface area contributed by atoms with Crippen molar-refractivity contribution in [1.29, 1.82) is 0 Å². The topological polar surface area (TPSA) is 37.4 Å². The standard InChI is InChI=1S/C23H33N3OS/c1-6-27-25-17-9-12-26(14-17)21-24-20(15-28-21)16-7-8-18-19(13-16)23(4,5)11-10-22(18,2)3/h7-8,13,15,17,25H,6,9-12,14H2,1-5H3/t17-/m1/s1. The van der Waals surface area contributed by atoms with Crippen LogP contribution in [0.1, 0.15) is 65.0 Å². The SMILES string of the molecule is CCON[C@@H]1CCN(c2nc(-c3ccc4c(c3)C(C)(C)CCC4(C)C)cs2)C1. The maximum Gasteiger partial charge on any atom is 0.185 e. The first kappa shape index (κ1) is 19.9. The van der Waals surface area contributed by atoms with Gasteiger partial charge in [0.2, 0.25) is 0 Å². The van der Waals surface area contributed by atoms with Crippen molar-refractivity contribution in [3.63, 3.8) is 0 Å². The number of fused-ring (bicyclic) bond motifs is 1. The third-order valence-electron chi connectivity index (χ3n) is 6.49. The predicted octanol–water partition coefficient (Wildman–Crippen LogP) is 5.28. The highest BCUT2D eigenvalue weighted by atomic mass is 32.1. The van der Waals surface area contributed by atoms with Crippen LogP contribution in [0.15, 0.2) is 23.6 Å². The van der Waals surface area contributed by atoms with E-state index >= 15 is 0 Å². The summed E-state index contributed by atoms with van der Waals surface area (Å²) in [4.78, 5) is 12.7. The van der Waals surface area contributed by atoms with Gasteiger partial charge in [-0.3, -0.25) is 0 Å². The normalized spacial score (nSPS) is 23.0. The molecular weight excluding hydrogens is 366 g/mol. The molecule has 1 fully saturated rings. The van der Waals surface area contributed by atoms with Crippen LogP contribution in [0.25, 0.3) is 11.3 Å². The molecule has 2 aliphatic rings. The maximum atomic E-state index is 5.37. The Morgan fingerprint density at radius 2 is 1.93 bits per heavy atom. The molecular formula is C23H33N3OS. The summed E-state index contributed by atoms with van der Waals surface area (Å²) in [6, 6.07) is 7.41. The van der Waals surface area contributed by atoms with Gasteiger partial charge in [-0.15, -0.1) is 11.3 Å². The second kappa shape index (κ2) is 7.43. The molecule has 5 heteroatoms. The molecule has 2 heterocycles. The zero-order chi connectivity index (χ0) is 19.9. The van der Waals surface area contributed by atoms with Crippen molar-refractivity contribution in [1.82, 2.24) is 10.5 Å². The van der Waals surface area contributed by atoms with Gasteiger partial charge in [0.15, 0.2) is 5.13 Å². The molecule has 1 aliphatic heterocycles. The molecule has 1 saturated heterocycles. The van der Waals surface area contributed by atoms with Crippen LogP contribution in [0.4, 0.5) is 5.13 Å². The van der Waals surface area contributed by atoms with E-state index in [-0.39, 0.29) is 10.8 Å². The van der Waals surface area contributed by atoms with Gasteiger partial charge in [-0.05, 0) is 54.2 Å². The third-order valence-corrected chi connectivity index (χ3v) is 7.40. The second-order valence-electron chi connectivity index (χ2n) is 9.53. The van der Waals surface area contributed by atoms with E-state index in [0.29, 0.717) is 12.6 Å². The van der Waals surface area contributed by atoms with Crippen LogP contribution >= 0.6 is 11.3 Å². The van der Waals surface area contributed by atoms with Crippen LogP contribution in [0, 0.1) is 0 Å². The Kier molecular flexibility index (Phi) is 5.27. The van der Waals surface area contributed by atoms with Gasteiger partial charge in [0.1, 0.15) is 0 Å². The average molecular weight is 400 g/mol. The van der Waals surface area contributed by atoms with Crippen molar-refractivity contribution >= 4 is 16.5 Å². The van der Waals surface area contributed by atoms with Crippen LogP contribution < -0.4 is 10.4 Å². The minimum atomic E-state index is 0.229. The lowest BCUT2D eigenvalue weighted by Gasteiger charge is -2.42. The summed E-state index contributed by atoms with van der Waals surface area (Å²) in [6.07, 6.45) is 3.58. The van der Waals surface area contributed by atoms with E-state index in [1.165, 1.54) is 29.5 Å². The van der Waals surface area contributed by atoms with Crippen LogP contribution in [-0.2, 0) is 15.7 Å². The first-order valence-corrected chi connectivity index (χ1v) is 11.4. The molecule has 0 bridgehead atoms. The van der Waals surface area contributed by atoms with Crippen molar-refractivity contribution in [2.75, 3.05) is 24.6 Å². The van der Waals surface area contributed by atoms with Gasteiger partial charge in [0.05, 0.1) is 18.3 Å². The predicted molar refractivity (Wildman–Crippen MR) is 118 cm³/mol. The van der Waals surface area contributed by atoms with E-state index in [0.717, 1.165) is 30.3 Å². The molecule has 1 aromatic carbocycles. The van der Waals surface area contributed by atoms with Gasteiger partial charge in [-0.1, -0.05) is 39.8 Å². The number of hydrogen-bond donors (Lipinski definition) is 1. The van der Waals surface area contributed by atoms with Gasteiger partial charge < -0.3 is 9.74 Å². The summed E-state index contributed by atoms with van der Waals surface area (Å²) in [6.45, 7) is 14.2. The van der Waals surface area contributed by atoms with E-state index in [2.05, 4.69) is 61.7 Å². The highest BCUT2D eigenvalue weighted by molar-refractivity contribution is 7.14. The van der Waals surface area contributed by atoms with E-state index < -0.39 is 0 Å². The third kappa shape index (κ3) is 3.72. The number of rotatable bonds is 5. The molecule has 1 atom stereocenters. The Bertz CT molecular complexity index is 842. The number of benzene rings is 1. The van der Waals surface area contributed by atoms with Crippen LogP contribution in [0.5, 0.6) is 0 Å². The highest BCUT2D eigenvalue weighted by Crippen LogP contribution is 2.46. The molecule has 1 N–H and O–H groups in total. The first-order valence-electron chi connectivity index (χ1n) is 10.5. The molecule has 152 valence electrons. The Hall–Kier alpha value is -1.43. The zero-order valence-corrected chi connectivity index (χ0v) is 18.7. The fourth-order valence-electron chi connectivity index (χ4n) is 4.52. The first-order chi connectivity index (χ1) is 13.3. The largest absolute Gasteiger partial charge is 0.346 e. The highest BCUT2D eigenvalue weighted by Gasteiger charge is 2.37. The Balaban J connectivity index is 1.57. The fourth-order valence-corrected chi connectivity index (χ4v) is 5.39. The minimum absolute atomic E-state index is 0.229. The van der Waals surface area contributed by atoms with Gasteiger partial charge in [0.25, 0.3) is 0 Å². The Labute approximate surface area is 173 Å². The number of hydroxylamine groups is 1. The smallest absolute Gasteiger partial charge is 0.185 e. The van der Waals surface area contributed by atoms with Crippen molar-refractivity contribution in [2.45, 2.75) is 70.8 Å². The molecule has 0 saturated carbocycles. The van der Waals surface area contributed by atoms with Crippen molar-refractivity contribution in [2.24, 2.45) is 0 Å². The molecule has 0 spiro atoms. The number of thiazole rings is 1. The number of nitrogens with one attached hydrogen (secondary N) is 1. The second-order valence-corrected chi connectivity index (χ2v) is 10.4.